The summed E-state index contributed by atoms with van der Waals surface area (Å²) in [5.41, 5.74) is 7.04. The van der Waals surface area contributed by atoms with Crippen molar-refractivity contribution >= 4 is 24.9 Å². The molecule has 0 radical (unpaired) electrons. The third-order valence-electron chi connectivity index (χ3n) is 5.12. The molecule has 0 aromatic carbocycles. The highest BCUT2D eigenvalue weighted by molar-refractivity contribution is 6.43. The predicted octanol–water partition coefficient (Wildman–Crippen LogP) is 0.701. The number of rotatable bonds is 19. The lowest BCUT2D eigenvalue weighted by molar-refractivity contribution is -0.525. The van der Waals surface area contributed by atoms with Gasteiger partial charge in [-0.3, -0.25) is 9.59 Å². The Morgan fingerprint density at radius 3 is 2.36 bits per heavy atom. The number of guanidine groups is 1. The summed E-state index contributed by atoms with van der Waals surface area (Å²) in [6.07, 6.45) is 9.73. The van der Waals surface area contributed by atoms with Crippen LogP contribution in [0.5, 0.6) is 0 Å². The maximum Gasteiger partial charge on any atom is 0.475 e. The minimum Gasteiger partial charge on any atom is -0.426 e. The van der Waals surface area contributed by atoms with Crippen LogP contribution in [0.1, 0.15) is 78.1 Å². The molecule has 2 amide bonds. The minimum atomic E-state index is -1.75. The van der Waals surface area contributed by atoms with E-state index in [2.05, 4.69) is 21.7 Å². The van der Waals surface area contributed by atoms with E-state index in [1.807, 2.05) is 13.8 Å². The van der Waals surface area contributed by atoms with Crippen molar-refractivity contribution in [2.45, 2.75) is 90.0 Å². The van der Waals surface area contributed by atoms with Gasteiger partial charge in [0, 0.05) is 12.8 Å². The summed E-state index contributed by atoms with van der Waals surface area (Å²) in [6.45, 7) is 3.79. The fraction of sp³-hybridized carbons (Fsp3) is 0.727. The normalized spacial score (nSPS) is 13.2. The lowest BCUT2D eigenvalue weighted by Crippen LogP contribution is -2.54. The van der Waals surface area contributed by atoms with E-state index in [0.29, 0.717) is 19.3 Å². The Labute approximate surface area is 212 Å². The van der Waals surface area contributed by atoms with Crippen LogP contribution < -0.4 is 21.8 Å². The van der Waals surface area contributed by atoms with E-state index < -0.39 is 30.0 Å². The fourth-order valence-electron chi connectivity index (χ4n) is 3.33. The lowest BCUT2D eigenvalue weighted by Gasteiger charge is -2.23. The Morgan fingerprint density at radius 1 is 1.14 bits per heavy atom. The number of nitrogens with one attached hydrogen (secondary N) is 3. The highest BCUT2D eigenvalue weighted by Gasteiger charge is 2.29. The van der Waals surface area contributed by atoms with Crippen LogP contribution in [0.15, 0.2) is 17.1 Å². The van der Waals surface area contributed by atoms with Crippen LogP contribution in [0.3, 0.4) is 0 Å². The molecule has 0 rings (SSSR count). The number of carbonyl (C=O) groups excluding carboxylic acids is 2. The second-order valence-electron chi connectivity index (χ2n) is 8.86. The fourth-order valence-corrected chi connectivity index (χ4v) is 3.33. The number of nitrogens with two attached hydrogens (primary N) is 1. The molecule has 36 heavy (non-hydrogen) atoms. The third-order valence-corrected chi connectivity index (χ3v) is 5.12. The van der Waals surface area contributed by atoms with Gasteiger partial charge in [-0.1, -0.05) is 57.1 Å². The first-order valence-electron chi connectivity index (χ1n) is 12.3. The molecular formula is C22H40BN7O6. The number of nitrogens with zero attached hydrogens (tertiary/aromatic N) is 3. The zero-order valence-electron chi connectivity index (χ0n) is 21.2. The van der Waals surface area contributed by atoms with E-state index in [-0.39, 0.29) is 37.2 Å². The van der Waals surface area contributed by atoms with E-state index in [9.17, 15) is 29.8 Å². The number of unbranched alkanes of at least 4 members (excludes halogenated alkanes) is 6. The van der Waals surface area contributed by atoms with Gasteiger partial charge in [-0.15, -0.1) is 0 Å². The maximum absolute atomic E-state index is 12.8. The van der Waals surface area contributed by atoms with Crippen LogP contribution in [0, 0.1) is 27.4 Å². The van der Waals surface area contributed by atoms with Crippen molar-refractivity contribution in [1.29, 1.82) is 5.26 Å². The van der Waals surface area contributed by atoms with Crippen molar-refractivity contribution < 1.29 is 24.7 Å². The van der Waals surface area contributed by atoms with Gasteiger partial charge >= 0.3 is 7.12 Å². The number of hydrazine groups is 1. The number of hydrogen-bond donors (Lipinski definition) is 6. The van der Waals surface area contributed by atoms with Crippen LogP contribution in [-0.4, -0.2) is 58.5 Å². The van der Waals surface area contributed by atoms with Crippen molar-refractivity contribution in [2.75, 3.05) is 6.54 Å². The van der Waals surface area contributed by atoms with Crippen molar-refractivity contribution in [1.82, 2.24) is 16.1 Å². The van der Waals surface area contributed by atoms with Crippen LogP contribution in [-0.2, 0) is 9.59 Å². The Kier molecular flexibility index (Phi) is 18.3. The summed E-state index contributed by atoms with van der Waals surface area (Å²) >= 11 is 0. The maximum atomic E-state index is 12.8. The SMILES string of the molecule is CC(C)C[C@H](NC(=O)[C@@H](C/C=C/CN=C(N)N[N+](=O)[O-])NC(=O)CCCCCCCCC#N)B(O)O. The molecule has 0 spiro atoms. The summed E-state index contributed by atoms with van der Waals surface area (Å²) in [5.74, 6) is -2.01. The number of hydrogen-bond acceptors (Lipinski definition) is 8. The monoisotopic (exact) mass is 509 g/mol. The first kappa shape index (κ1) is 32.8. The summed E-state index contributed by atoms with van der Waals surface area (Å²) < 4.78 is 0. The lowest BCUT2D eigenvalue weighted by atomic mass is 9.75. The summed E-state index contributed by atoms with van der Waals surface area (Å²) in [7, 11) is -1.75. The van der Waals surface area contributed by atoms with Gasteiger partial charge in [-0.05, 0) is 31.6 Å². The molecule has 13 nitrogen and oxygen atoms in total. The topological polar surface area (TPSA) is 216 Å². The first-order chi connectivity index (χ1) is 17.1. The van der Waals surface area contributed by atoms with Gasteiger partial charge in [0.05, 0.1) is 18.6 Å². The van der Waals surface area contributed by atoms with Gasteiger partial charge in [-0.25, -0.2) is 15.1 Å². The van der Waals surface area contributed by atoms with Crippen LogP contribution >= 0.6 is 0 Å². The second kappa shape index (κ2) is 20.1. The average Bonchev–Trinajstić information content (AvgIpc) is 2.78. The summed E-state index contributed by atoms with van der Waals surface area (Å²) in [5, 5.41) is 42.5. The molecule has 0 aliphatic rings. The summed E-state index contributed by atoms with van der Waals surface area (Å²) in [6, 6.07) is 1.16. The standard InChI is InChI=1S/C22H40BN7O6/c1-17(2)16-19(23(33)34)28-21(32)18(12-9-11-15-26-22(25)29-30(35)36)27-20(31)13-8-6-4-3-5-7-10-14-24/h9,11,17-19,33-34H,3-8,10,12-13,15-16H2,1-2H3,(H,27,31)(H,28,32)(H3,25,26,29)/b11-9+/t18-,19+/m1/s1. The molecule has 0 aliphatic heterocycles. The number of nitriles is 1. The molecule has 202 valence electrons. The van der Waals surface area contributed by atoms with Crippen LogP contribution in [0.2, 0.25) is 0 Å². The van der Waals surface area contributed by atoms with E-state index in [1.165, 1.54) is 0 Å². The molecule has 2 atom stereocenters. The first-order valence-corrected chi connectivity index (χ1v) is 12.3. The number of amides is 2. The van der Waals surface area contributed by atoms with Gasteiger partial charge in [0.15, 0.2) is 5.03 Å². The van der Waals surface area contributed by atoms with Crippen molar-refractivity contribution in [3.63, 3.8) is 0 Å². The third kappa shape index (κ3) is 18.2. The zero-order valence-corrected chi connectivity index (χ0v) is 21.2. The predicted molar refractivity (Wildman–Crippen MR) is 136 cm³/mol. The van der Waals surface area contributed by atoms with E-state index >= 15 is 0 Å². The molecule has 7 N–H and O–H groups in total. The Bertz CT molecular complexity index is 770. The van der Waals surface area contributed by atoms with Gasteiger partial charge < -0.3 is 26.4 Å². The Hall–Kier alpha value is -3.18. The quantitative estimate of drug-likeness (QED) is 0.0274. The Morgan fingerprint density at radius 2 is 1.78 bits per heavy atom. The van der Waals surface area contributed by atoms with E-state index in [1.54, 1.807) is 17.6 Å². The largest absolute Gasteiger partial charge is 0.475 e. The smallest absolute Gasteiger partial charge is 0.426 e. The van der Waals surface area contributed by atoms with Gasteiger partial charge in [0.1, 0.15) is 6.04 Å². The molecule has 0 bridgehead atoms. The molecule has 0 fully saturated rings. The van der Waals surface area contributed by atoms with Crippen LogP contribution in [0.4, 0.5) is 0 Å². The van der Waals surface area contributed by atoms with Crippen LogP contribution in [0.25, 0.3) is 0 Å². The summed E-state index contributed by atoms with van der Waals surface area (Å²) in [4.78, 5) is 39.3. The minimum absolute atomic E-state index is 0.0225. The Balaban J connectivity index is 4.91. The highest BCUT2D eigenvalue weighted by atomic mass is 16.7. The van der Waals surface area contributed by atoms with Gasteiger partial charge in [-0.2, -0.15) is 5.26 Å². The number of nitro groups is 1. The second-order valence-corrected chi connectivity index (χ2v) is 8.86. The van der Waals surface area contributed by atoms with Crippen molar-refractivity contribution in [3.05, 3.63) is 22.3 Å². The van der Waals surface area contributed by atoms with Gasteiger partial charge in [0.25, 0.3) is 5.96 Å². The molecule has 0 aromatic heterocycles. The molecular weight excluding hydrogens is 469 g/mol. The van der Waals surface area contributed by atoms with Crippen molar-refractivity contribution in [3.8, 4) is 6.07 Å². The van der Waals surface area contributed by atoms with Gasteiger partial charge in [0.2, 0.25) is 11.8 Å². The van der Waals surface area contributed by atoms with E-state index in [4.69, 9.17) is 11.0 Å². The molecule has 14 heteroatoms. The molecule has 0 saturated carbocycles. The number of aliphatic imine (C=N–C) groups is 1. The molecule has 0 saturated heterocycles. The molecule has 0 aliphatic carbocycles. The molecule has 0 unspecified atom stereocenters. The number of carbonyl (C=O) groups is 2. The van der Waals surface area contributed by atoms with Crippen molar-refractivity contribution in [2.24, 2.45) is 16.6 Å². The zero-order chi connectivity index (χ0) is 27.3. The highest BCUT2D eigenvalue weighted by Crippen LogP contribution is 2.10. The van der Waals surface area contributed by atoms with E-state index in [0.717, 1.165) is 32.1 Å². The average molecular weight is 509 g/mol. The molecule has 0 aromatic rings. The molecule has 0 heterocycles.